The molecule has 0 radical (unpaired) electrons. The van der Waals surface area contributed by atoms with Gasteiger partial charge in [-0.15, -0.1) is 0 Å². The lowest BCUT2D eigenvalue weighted by molar-refractivity contribution is -0.190. The number of ether oxygens (including phenoxy) is 3. The fourth-order valence-electron chi connectivity index (χ4n) is 2.77. The van der Waals surface area contributed by atoms with Crippen LogP contribution in [0.5, 0.6) is 0 Å². The maximum atomic E-state index is 12.5. The summed E-state index contributed by atoms with van der Waals surface area (Å²) >= 11 is 0. The van der Waals surface area contributed by atoms with Gasteiger partial charge < -0.3 is 18.8 Å². The second-order valence-electron chi connectivity index (χ2n) is 6.11. The normalized spacial score (nSPS) is 16.6. The van der Waals surface area contributed by atoms with E-state index in [1.165, 1.54) is 13.3 Å². The standard InChI is InChI=1S/C18H20N2O5/c1-13(14-6-4-3-5-7-14)20-12-19-8-15(20)16(21)25-11-18(9-24-10-18)17(22)23-2/h3-8,12-13H,9-11H2,1-2H3/t13-/m1/s1. The first-order valence-electron chi connectivity index (χ1n) is 7.97. The van der Waals surface area contributed by atoms with Crippen LogP contribution < -0.4 is 0 Å². The number of hydrogen-bond acceptors (Lipinski definition) is 6. The highest BCUT2D eigenvalue weighted by atomic mass is 16.6. The van der Waals surface area contributed by atoms with Crippen LogP contribution in [0.15, 0.2) is 42.9 Å². The van der Waals surface area contributed by atoms with E-state index in [1.54, 1.807) is 10.9 Å². The average Bonchev–Trinajstić information content (AvgIpc) is 3.10. The van der Waals surface area contributed by atoms with Gasteiger partial charge in [0.1, 0.15) is 17.7 Å². The molecule has 1 aliphatic heterocycles. The monoisotopic (exact) mass is 344 g/mol. The number of benzene rings is 1. The quantitative estimate of drug-likeness (QED) is 0.744. The molecule has 0 bridgehead atoms. The van der Waals surface area contributed by atoms with E-state index in [4.69, 9.17) is 14.2 Å². The van der Waals surface area contributed by atoms with Crippen LogP contribution in [0.2, 0.25) is 0 Å². The number of aromatic nitrogens is 2. The van der Waals surface area contributed by atoms with E-state index in [-0.39, 0.29) is 25.9 Å². The maximum Gasteiger partial charge on any atom is 0.356 e. The third-order valence-corrected chi connectivity index (χ3v) is 4.43. The Morgan fingerprint density at radius 1 is 1.32 bits per heavy atom. The number of rotatable bonds is 6. The number of methoxy groups -OCH3 is 1. The Hall–Kier alpha value is -2.67. The molecule has 2 aromatic rings. The second-order valence-corrected chi connectivity index (χ2v) is 6.11. The van der Waals surface area contributed by atoms with Crippen LogP contribution in [-0.4, -0.2) is 48.4 Å². The lowest BCUT2D eigenvalue weighted by Gasteiger charge is -2.37. The first-order chi connectivity index (χ1) is 12.1. The van der Waals surface area contributed by atoms with Crippen molar-refractivity contribution in [1.29, 1.82) is 0 Å². The van der Waals surface area contributed by atoms with Gasteiger partial charge in [0.15, 0.2) is 0 Å². The molecule has 0 aliphatic carbocycles. The molecule has 7 nitrogen and oxygen atoms in total. The molecule has 0 amide bonds. The highest BCUT2D eigenvalue weighted by molar-refractivity contribution is 5.88. The Balaban J connectivity index is 1.72. The predicted octanol–water partition coefficient (Wildman–Crippen LogP) is 1.84. The minimum absolute atomic E-state index is 0.0761. The van der Waals surface area contributed by atoms with Crippen molar-refractivity contribution in [2.75, 3.05) is 26.9 Å². The summed E-state index contributed by atoms with van der Waals surface area (Å²) in [5.41, 5.74) is 0.477. The smallest absolute Gasteiger partial charge is 0.356 e. The van der Waals surface area contributed by atoms with Crippen LogP contribution in [0.1, 0.15) is 29.0 Å². The summed E-state index contributed by atoms with van der Waals surface area (Å²) in [6.07, 6.45) is 3.06. The molecular weight excluding hydrogens is 324 g/mol. The molecule has 132 valence electrons. The molecule has 0 saturated carbocycles. The molecule has 1 aliphatic rings. The number of carbonyl (C=O) groups excluding carboxylic acids is 2. The molecule has 0 N–H and O–H groups in total. The van der Waals surface area contributed by atoms with Crippen LogP contribution in [0.4, 0.5) is 0 Å². The fraction of sp³-hybridized carbons (Fsp3) is 0.389. The Kier molecular flexibility index (Phi) is 4.85. The molecule has 1 saturated heterocycles. The van der Waals surface area contributed by atoms with Crippen molar-refractivity contribution in [3.63, 3.8) is 0 Å². The number of imidazole rings is 1. The van der Waals surface area contributed by atoms with Gasteiger partial charge in [-0.05, 0) is 12.5 Å². The summed E-state index contributed by atoms with van der Waals surface area (Å²) in [4.78, 5) is 28.4. The van der Waals surface area contributed by atoms with Gasteiger partial charge in [0.05, 0.1) is 38.9 Å². The maximum absolute atomic E-state index is 12.5. The van der Waals surface area contributed by atoms with Crippen molar-refractivity contribution < 1.29 is 23.8 Å². The molecule has 0 unspecified atom stereocenters. The molecule has 1 aromatic heterocycles. The average molecular weight is 344 g/mol. The van der Waals surface area contributed by atoms with E-state index in [2.05, 4.69) is 4.98 Å². The summed E-state index contributed by atoms with van der Waals surface area (Å²) in [5.74, 6) is -0.965. The topological polar surface area (TPSA) is 79.7 Å². The van der Waals surface area contributed by atoms with Gasteiger partial charge >= 0.3 is 11.9 Å². The zero-order valence-corrected chi connectivity index (χ0v) is 14.2. The lowest BCUT2D eigenvalue weighted by atomic mass is 9.87. The van der Waals surface area contributed by atoms with Gasteiger partial charge in [-0.1, -0.05) is 30.3 Å². The van der Waals surface area contributed by atoms with Crippen molar-refractivity contribution in [1.82, 2.24) is 9.55 Å². The lowest BCUT2D eigenvalue weighted by Crippen LogP contribution is -2.53. The van der Waals surface area contributed by atoms with Gasteiger partial charge in [-0.3, -0.25) is 4.79 Å². The van der Waals surface area contributed by atoms with Crippen molar-refractivity contribution in [2.24, 2.45) is 5.41 Å². The fourth-order valence-corrected chi connectivity index (χ4v) is 2.77. The van der Waals surface area contributed by atoms with E-state index in [0.717, 1.165) is 5.56 Å². The van der Waals surface area contributed by atoms with Gasteiger partial charge in [-0.25, -0.2) is 9.78 Å². The summed E-state index contributed by atoms with van der Waals surface area (Å²) in [7, 11) is 1.31. The van der Waals surface area contributed by atoms with Gasteiger partial charge in [0, 0.05) is 0 Å². The molecule has 7 heteroatoms. The number of esters is 2. The molecular formula is C18H20N2O5. The zero-order valence-electron chi connectivity index (χ0n) is 14.2. The van der Waals surface area contributed by atoms with Crippen LogP contribution in [0.25, 0.3) is 0 Å². The van der Waals surface area contributed by atoms with Crippen molar-refractivity contribution in [2.45, 2.75) is 13.0 Å². The van der Waals surface area contributed by atoms with Gasteiger partial charge in [-0.2, -0.15) is 0 Å². The Morgan fingerprint density at radius 2 is 2.04 bits per heavy atom. The van der Waals surface area contributed by atoms with Crippen molar-refractivity contribution in [3.05, 3.63) is 54.1 Å². The first kappa shape index (κ1) is 17.2. The van der Waals surface area contributed by atoms with Gasteiger partial charge in [0.2, 0.25) is 0 Å². The van der Waals surface area contributed by atoms with E-state index in [9.17, 15) is 9.59 Å². The zero-order chi connectivity index (χ0) is 17.9. The Labute approximate surface area is 145 Å². The summed E-state index contributed by atoms with van der Waals surface area (Å²) in [5, 5.41) is 0. The number of hydrogen-bond donors (Lipinski definition) is 0. The summed E-state index contributed by atoms with van der Waals surface area (Å²) in [6, 6.07) is 9.71. The number of carbonyl (C=O) groups is 2. The van der Waals surface area contributed by atoms with E-state index >= 15 is 0 Å². The second kappa shape index (κ2) is 7.06. The highest BCUT2D eigenvalue weighted by Gasteiger charge is 2.48. The summed E-state index contributed by atoms with van der Waals surface area (Å²) in [6.45, 7) is 2.27. The van der Waals surface area contributed by atoms with Crippen LogP contribution >= 0.6 is 0 Å². The van der Waals surface area contributed by atoms with Gasteiger partial charge in [0.25, 0.3) is 0 Å². The van der Waals surface area contributed by atoms with Crippen molar-refractivity contribution in [3.8, 4) is 0 Å². The van der Waals surface area contributed by atoms with Crippen molar-refractivity contribution >= 4 is 11.9 Å². The minimum Gasteiger partial charge on any atom is -0.468 e. The molecule has 2 heterocycles. The third kappa shape index (κ3) is 3.28. The Morgan fingerprint density at radius 3 is 2.64 bits per heavy atom. The summed E-state index contributed by atoms with van der Waals surface area (Å²) < 4.78 is 17.0. The molecule has 0 spiro atoms. The molecule has 1 aromatic carbocycles. The highest BCUT2D eigenvalue weighted by Crippen LogP contribution is 2.30. The third-order valence-electron chi connectivity index (χ3n) is 4.43. The van der Waals surface area contributed by atoms with E-state index in [0.29, 0.717) is 5.69 Å². The molecule has 1 atom stereocenters. The molecule has 1 fully saturated rings. The molecule has 25 heavy (non-hydrogen) atoms. The van der Waals surface area contributed by atoms with Crippen LogP contribution in [0.3, 0.4) is 0 Å². The number of nitrogens with zero attached hydrogens (tertiary/aromatic N) is 2. The predicted molar refractivity (Wildman–Crippen MR) is 88.0 cm³/mol. The Bertz CT molecular complexity index is 752. The minimum atomic E-state index is -0.902. The molecule has 3 rings (SSSR count). The van der Waals surface area contributed by atoms with Crippen LogP contribution in [-0.2, 0) is 19.0 Å². The SMILES string of the molecule is COC(=O)C1(COC(=O)c2cncn2[C@H](C)c2ccccc2)COC1. The van der Waals surface area contributed by atoms with E-state index in [1.807, 2.05) is 37.3 Å². The largest absolute Gasteiger partial charge is 0.468 e. The van der Waals surface area contributed by atoms with Crippen LogP contribution in [0, 0.1) is 5.41 Å². The van der Waals surface area contributed by atoms with E-state index < -0.39 is 17.4 Å². The first-order valence-corrected chi connectivity index (χ1v) is 7.97.